The lowest BCUT2D eigenvalue weighted by Crippen LogP contribution is -1.96. The molecule has 0 heterocycles. The zero-order valence-electron chi connectivity index (χ0n) is 8.10. The predicted molar refractivity (Wildman–Crippen MR) is 61.7 cm³/mol. The quantitative estimate of drug-likeness (QED) is 0.742. The van der Waals surface area contributed by atoms with E-state index in [1.165, 1.54) is 17.0 Å². The van der Waals surface area contributed by atoms with Crippen molar-refractivity contribution < 1.29 is 0 Å². The smallest absolute Gasteiger partial charge is 0.0233 e. The largest absolute Gasteiger partial charge is 0.102 e. The molecule has 0 saturated carbocycles. The second kappa shape index (κ2) is 4.61. The van der Waals surface area contributed by atoms with E-state index in [2.05, 4.69) is 54.6 Å². The van der Waals surface area contributed by atoms with Gasteiger partial charge in [-0.15, -0.1) is 6.58 Å². The van der Waals surface area contributed by atoms with Gasteiger partial charge in [-0.3, -0.25) is 0 Å². The number of halogens is 1. The SMILES string of the molecule is C=C[C](C)c1cc(Br)ccc1CC. The van der Waals surface area contributed by atoms with Crippen LogP contribution in [-0.4, -0.2) is 0 Å². The summed E-state index contributed by atoms with van der Waals surface area (Å²) in [7, 11) is 0. The first-order chi connectivity index (χ1) is 6.19. The molecule has 0 bridgehead atoms. The van der Waals surface area contributed by atoms with Crippen LogP contribution in [0, 0.1) is 5.92 Å². The van der Waals surface area contributed by atoms with Gasteiger partial charge in [0.25, 0.3) is 0 Å². The van der Waals surface area contributed by atoms with Crippen LogP contribution in [0.4, 0.5) is 0 Å². The normalized spacial score (nSPS) is 10.5. The van der Waals surface area contributed by atoms with Gasteiger partial charge in [0.1, 0.15) is 0 Å². The summed E-state index contributed by atoms with van der Waals surface area (Å²) in [6, 6.07) is 6.39. The highest BCUT2D eigenvalue weighted by molar-refractivity contribution is 9.10. The van der Waals surface area contributed by atoms with E-state index in [1.807, 2.05) is 6.08 Å². The van der Waals surface area contributed by atoms with Gasteiger partial charge >= 0.3 is 0 Å². The molecule has 69 valence electrons. The molecule has 0 nitrogen and oxygen atoms in total. The van der Waals surface area contributed by atoms with Crippen LogP contribution in [0.25, 0.3) is 0 Å². The number of hydrogen-bond acceptors (Lipinski definition) is 0. The molecule has 1 rings (SSSR count). The first-order valence-corrected chi connectivity index (χ1v) is 5.23. The highest BCUT2D eigenvalue weighted by Crippen LogP contribution is 2.24. The average Bonchev–Trinajstić information content (AvgIpc) is 2.16. The van der Waals surface area contributed by atoms with Crippen LogP contribution in [0.2, 0.25) is 0 Å². The van der Waals surface area contributed by atoms with Crippen LogP contribution in [0.3, 0.4) is 0 Å². The zero-order valence-corrected chi connectivity index (χ0v) is 9.69. The van der Waals surface area contributed by atoms with Crippen molar-refractivity contribution in [2.24, 2.45) is 0 Å². The molecule has 1 radical (unpaired) electrons. The molecule has 0 amide bonds. The summed E-state index contributed by atoms with van der Waals surface area (Å²) in [5.41, 5.74) is 2.67. The molecule has 0 aliphatic rings. The Morgan fingerprint density at radius 2 is 2.23 bits per heavy atom. The molecule has 1 heteroatoms. The van der Waals surface area contributed by atoms with Crippen LogP contribution in [0.15, 0.2) is 35.3 Å². The standard InChI is InChI=1S/C12H14Br/c1-4-9(3)12-8-11(13)7-6-10(12)5-2/h4,6-8H,1,5H2,2-3H3. The third-order valence-electron chi connectivity index (χ3n) is 2.18. The van der Waals surface area contributed by atoms with Gasteiger partial charge in [-0.05, 0) is 29.7 Å². The van der Waals surface area contributed by atoms with Crippen LogP contribution in [-0.2, 0) is 6.42 Å². The van der Waals surface area contributed by atoms with Gasteiger partial charge in [0, 0.05) is 10.4 Å². The maximum atomic E-state index is 3.79. The van der Waals surface area contributed by atoms with E-state index in [4.69, 9.17) is 0 Å². The number of benzene rings is 1. The van der Waals surface area contributed by atoms with E-state index in [1.54, 1.807) is 0 Å². The molecular formula is C12H14Br. The summed E-state index contributed by atoms with van der Waals surface area (Å²) in [6.07, 6.45) is 2.97. The molecule has 0 aliphatic carbocycles. The van der Waals surface area contributed by atoms with Crippen LogP contribution >= 0.6 is 15.9 Å². The van der Waals surface area contributed by atoms with E-state index in [0.717, 1.165) is 10.9 Å². The number of allylic oxidation sites excluding steroid dienone is 1. The Labute approximate surface area is 88.8 Å². The lowest BCUT2D eigenvalue weighted by Gasteiger charge is -2.11. The zero-order chi connectivity index (χ0) is 9.84. The molecule has 0 aliphatic heterocycles. The van der Waals surface area contributed by atoms with Crippen molar-refractivity contribution in [1.29, 1.82) is 0 Å². The molecule has 13 heavy (non-hydrogen) atoms. The first kappa shape index (κ1) is 10.5. The summed E-state index contributed by atoms with van der Waals surface area (Å²) >= 11 is 3.48. The monoisotopic (exact) mass is 237 g/mol. The van der Waals surface area contributed by atoms with Crippen LogP contribution < -0.4 is 0 Å². The van der Waals surface area contributed by atoms with E-state index < -0.39 is 0 Å². The minimum Gasteiger partial charge on any atom is -0.102 e. The van der Waals surface area contributed by atoms with Crippen molar-refractivity contribution in [3.05, 3.63) is 52.4 Å². The lowest BCUT2D eigenvalue weighted by atomic mass is 9.95. The molecular weight excluding hydrogens is 224 g/mol. The fourth-order valence-corrected chi connectivity index (χ4v) is 1.70. The molecule has 1 aromatic carbocycles. The Morgan fingerprint density at radius 1 is 1.54 bits per heavy atom. The van der Waals surface area contributed by atoms with Gasteiger partial charge < -0.3 is 0 Å². The molecule has 1 aromatic rings. The maximum absolute atomic E-state index is 3.79. The van der Waals surface area contributed by atoms with E-state index in [-0.39, 0.29) is 0 Å². The third-order valence-corrected chi connectivity index (χ3v) is 2.68. The second-order valence-corrected chi connectivity index (χ2v) is 3.96. The fraction of sp³-hybridized carbons (Fsp3) is 0.250. The summed E-state index contributed by atoms with van der Waals surface area (Å²) in [5, 5.41) is 0. The third kappa shape index (κ3) is 2.44. The van der Waals surface area contributed by atoms with Crippen LogP contribution in [0.5, 0.6) is 0 Å². The van der Waals surface area contributed by atoms with Crippen molar-refractivity contribution in [2.45, 2.75) is 20.3 Å². The van der Waals surface area contributed by atoms with E-state index in [0.29, 0.717) is 0 Å². The molecule has 0 atom stereocenters. The molecule has 0 aromatic heterocycles. The van der Waals surface area contributed by atoms with Gasteiger partial charge in [0.15, 0.2) is 0 Å². The minimum atomic E-state index is 1.06. The molecule has 0 spiro atoms. The molecule has 0 fully saturated rings. The molecule has 0 N–H and O–H groups in total. The predicted octanol–water partition coefficient (Wildman–Crippen LogP) is 4.14. The lowest BCUT2D eigenvalue weighted by molar-refractivity contribution is 1.08. The topological polar surface area (TPSA) is 0 Å². The summed E-state index contributed by atoms with van der Waals surface area (Å²) < 4.78 is 1.13. The summed E-state index contributed by atoms with van der Waals surface area (Å²) in [5.74, 6) is 1.23. The Hall–Kier alpha value is -0.560. The summed E-state index contributed by atoms with van der Waals surface area (Å²) in [6.45, 7) is 8.05. The van der Waals surface area contributed by atoms with E-state index in [9.17, 15) is 0 Å². The first-order valence-electron chi connectivity index (χ1n) is 4.43. The second-order valence-electron chi connectivity index (χ2n) is 3.04. The van der Waals surface area contributed by atoms with Crippen molar-refractivity contribution in [1.82, 2.24) is 0 Å². The Morgan fingerprint density at radius 3 is 2.77 bits per heavy atom. The van der Waals surface area contributed by atoms with Crippen molar-refractivity contribution in [2.75, 3.05) is 0 Å². The number of rotatable bonds is 3. The van der Waals surface area contributed by atoms with Gasteiger partial charge in [-0.1, -0.05) is 41.9 Å². The highest BCUT2D eigenvalue weighted by atomic mass is 79.9. The van der Waals surface area contributed by atoms with Gasteiger partial charge in [0.2, 0.25) is 0 Å². The van der Waals surface area contributed by atoms with Crippen LogP contribution in [0.1, 0.15) is 25.0 Å². The molecule has 0 unspecified atom stereocenters. The maximum Gasteiger partial charge on any atom is 0.0233 e. The Bertz CT molecular complexity index is 302. The summed E-state index contributed by atoms with van der Waals surface area (Å²) in [4.78, 5) is 0. The Balaban J connectivity index is 3.14. The van der Waals surface area contributed by atoms with Crippen molar-refractivity contribution in [3.8, 4) is 0 Å². The average molecular weight is 238 g/mol. The number of hydrogen-bond donors (Lipinski definition) is 0. The fourth-order valence-electron chi connectivity index (χ4n) is 1.33. The van der Waals surface area contributed by atoms with E-state index >= 15 is 0 Å². The van der Waals surface area contributed by atoms with Crippen molar-refractivity contribution in [3.63, 3.8) is 0 Å². The number of aryl methyl sites for hydroxylation is 1. The van der Waals surface area contributed by atoms with Gasteiger partial charge in [-0.2, -0.15) is 0 Å². The Kier molecular flexibility index (Phi) is 3.73. The highest BCUT2D eigenvalue weighted by Gasteiger charge is 2.06. The van der Waals surface area contributed by atoms with Crippen molar-refractivity contribution >= 4 is 15.9 Å². The van der Waals surface area contributed by atoms with Gasteiger partial charge in [0.05, 0.1) is 0 Å². The van der Waals surface area contributed by atoms with Gasteiger partial charge in [-0.25, -0.2) is 0 Å². The minimum absolute atomic E-state index is 1.06. The molecule has 0 saturated heterocycles.